The number of carbonyl (C=O) groups is 2. The summed E-state index contributed by atoms with van der Waals surface area (Å²) < 4.78 is 11.6. The molecule has 2 amide bonds. The molecule has 0 fully saturated rings. The van der Waals surface area contributed by atoms with Gasteiger partial charge in [0.15, 0.2) is 5.16 Å². The van der Waals surface area contributed by atoms with Gasteiger partial charge < -0.3 is 29.8 Å². The van der Waals surface area contributed by atoms with E-state index in [0.717, 1.165) is 0 Å². The topological polar surface area (TPSA) is 115 Å². The Bertz CT molecular complexity index is 779. The molecule has 0 atom stereocenters. The van der Waals surface area contributed by atoms with Gasteiger partial charge in [-0.2, -0.15) is 0 Å². The Balaban J connectivity index is 1.92. The van der Waals surface area contributed by atoms with Gasteiger partial charge in [-0.3, -0.25) is 9.59 Å². The molecular weight excluding hydrogens is 384 g/mol. The lowest BCUT2D eigenvalue weighted by atomic mass is 10.3. The van der Waals surface area contributed by atoms with E-state index >= 15 is 0 Å². The van der Waals surface area contributed by atoms with Crippen LogP contribution >= 0.6 is 11.8 Å². The number of imidazole rings is 1. The maximum absolute atomic E-state index is 12.2. The molecule has 0 spiro atoms. The average molecular weight is 408 g/mol. The minimum atomic E-state index is -0.253. The highest BCUT2D eigenvalue weighted by Crippen LogP contribution is 2.20. The number of benzene rings is 1. The number of nitrogens with zero attached hydrogens (tertiary/aromatic N) is 2. The highest BCUT2D eigenvalue weighted by atomic mass is 32.2. The Kier molecular flexibility index (Phi) is 8.79. The van der Waals surface area contributed by atoms with E-state index in [-0.39, 0.29) is 30.7 Å². The molecule has 0 saturated heterocycles. The van der Waals surface area contributed by atoms with E-state index in [4.69, 9.17) is 9.47 Å². The van der Waals surface area contributed by atoms with E-state index in [1.165, 1.54) is 18.0 Å². The van der Waals surface area contributed by atoms with E-state index in [1.54, 1.807) is 43.1 Å². The number of aliphatic hydroxyl groups excluding tert-OH is 1. The van der Waals surface area contributed by atoms with E-state index in [0.29, 0.717) is 35.4 Å². The van der Waals surface area contributed by atoms with Crippen molar-refractivity contribution in [1.82, 2.24) is 14.9 Å². The van der Waals surface area contributed by atoms with Gasteiger partial charge in [-0.05, 0) is 24.3 Å². The predicted octanol–water partition coefficient (Wildman–Crippen LogP) is 0.877. The van der Waals surface area contributed by atoms with E-state index in [9.17, 15) is 14.7 Å². The summed E-state index contributed by atoms with van der Waals surface area (Å²) in [5, 5.41) is 15.4. The molecule has 1 aromatic heterocycles. The Morgan fingerprint density at radius 3 is 2.61 bits per heavy atom. The Morgan fingerprint density at radius 1 is 1.21 bits per heavy atom. The molecule has 0 radical (unpaired) electrons. The van der Waals surface area contributed by atoms with Gasteiger partial charge in [0.1, 0.15) is 12.3 Å². The normalized spacial score (nSPS) is 10.5. The van der Waals surface area contributed by atoms with Gasteiger partial charge in [0, 0.05) is 19.3 Å². The zero-order chi connectivity index (χ0) is 20.4. The first kappa shape index (κ1) is 21.7. The van der Waals surface area contributed by atoms with Crippen LogP contribution in [-0.2, 0) is 27.5 Å². The van der Waals surface area contributed by atoms with Gasteiger partial charge in [-0.15, -0.1) is 0 Å². The van der Waals surface area contributed by atoms with Crippen LogP contribution < -0.4 is 15.4 Å². The van der Waals surface area contributed by atoms with Crippen LogP contribution in [0.15, 0.2) is 35.6 Å². The summed E-state index contributed by atoms with van der Waals surface area (Å²) >= 11 is 1.19. The van der Waals surface area contributed by atoms with Crippen LogP contribution in [0, 0.1) is 0 Å². The zero-order valence-corrected chi connectivity index (χ0v) is 16.6. The van der Waals surface area contributed by atoms with Gasteiger partial charge >= 0.3 is 0 Å². The number of hydrogen-bond acceptors (Lipinski definition) is 7. The molecule has 1 aromatic carbocycles. The Hall–Kier alpha value is -2.56. The maximum Gasteiger partial charge on any atom is 0.240 e. The van der Waals surface area contributed by atoms with Crippen molar-refractivity contribution >= 4 is 29.3 Å². The third-order valence-corrected chi connectivity index (χ3v) is 4.69. The van der Waals surface area contributed by atoms with Crippen molar-refractivity contribution < 1.29 is 24.2 Å². The molecule has 0 aliphatic heterocycles. The second kappa shape index (κ2) is 11.3. The van der Waals surface area contributed by atoms with Crippen molar-refractivity contribution in [2.75, 3.05) is 38.4 Å². The van der Waals surface area contributed by atoms with Crippen molar-refractivity contribution in [3.8, 4) is 5.75 Å². The monoisotopic (exact) mass is 408 g/mol. The second-order valence-corrected chi connectivity index (χ2v) is 6.63. The SMILES string of the molecule is COCCNC(=O)Cn1c(CO)cnc1SCC(=O)Nc1ccc(OC)cc1. The molecular formula is C18H24N4O5S. The lowest BCUT2D eigenvalue weighted by molar-refractivity contribution is -0.122. The summed E-state index contributed by atoms with van der Waals surface area (Å²) in [5.74, 6) is 0.378. The third kappa shape index (κ3) is 6.55. The minimum absolute atomic E-state index is 0.00202. The van der Waals surface area contributed by atoms with Crippen LogP contribution in [0.25, 0.3) is 0 Å². The molecule has 1 heterocycles. The smallest absolute Gasteiger partial charge is 0.240 e. The number of ether oxygens (including phenoxy) is 2. The van der Waals surface area contributed by atoms with Crippen molar-refractivity contribution in [1.29, 1.82) is 0 Å². The van der Waals surface area contributed by atoms with Gasteiger partial charge in [0.05, 0.1) is 38.0 Å². The lowest BCUT2D eigenvalue weighted by Crippen LogP contribution is -2.31. The van der Waals surface area contributed by atoms with Crippen molar-refractivity contribution in [3.63, 3.8) is 0 Å². The molecule has 9 nitrogen and oxygen atoms in total. The molecule has 2 rings (SSSR count). The molecule has 0 aliphatic carbocycles. The first-order valence-corrected chi connectivity index (χ1v) is 9.53. The first-order valence-electron chi connectivity index (χ1n) is 8.55. The molecule has 0 saturated carbocycles. The number of hydrogen-bond donors (Lipinski definition) is 3. The molecule has 3 N–H and O–H groups in total. The van der Waals surface area contributed by atoms with Crippen LogP contribution in [0.5, 0.6) is 5.75 Å². The summed E-state index contributed by atoms with van der Waals surface area (Å²) in [7, 11) is 3.13. The van der Waals surface area contributed by atoms with Crippen LogP contribution in [0.2, 0.25) is 0 Å². The summed E-state index contributed by atoms with van der Waals surface area (Å²) in [6.45, 7) is 0.555. The Labute approximate surface area is 167 Å². The highest BCUT2D eigenvalue weighted by Gasteiger charge is 2.15. The number of carbonyl (C=O) groups excluding carboxylic acids is 2. The quantitative estimate of drug-likeness (QED) is 0.373. The van der Waals surface area contributed by atoms with Crippen LogP contribution in [0.3, 0.4) is 0 Å². The van der Waals surface area contributed by atoms with E-state index in [1.807, 2.05) is 0 Å². The summed E-state index contributed by atoms with van der Waals surface area (Å²) in [6, 6.07) is 7.00. The van der Waals surface area contributed by atoms with E-state index in [2.05, 4.69) is 15.6 Å². The number of aliphatic hydroxyl groups is 1. The zero-order valence-electron chi connectivity index (χ0n) is 15.8. The average Bonchev–Trinajstić information content (AvgIpc) is 3.08. The molecule has 0 aliphatic rings. The Morgan fingerprint density at radius 2 is 1.96 bits per heavy atom. The molecule has 0 unspecified atom stereocenters. The van der Waals surface area contributed by atoms with Gasteiger partial charge in [0.25, 0.3) is 0 Å². The van der Waals surface area contributed by atoms with E-state index < -0.39 is 0 Å². The lowest BCUT2D eigenvalue weighted by Gasteiger charge is -2.11. The number of anilines is 1. The first-order chi connectivity index (χ1) is 13.6. The largest absolute Gasteiger partial charge is 0.497 e. The van der Waals surface area contributed by atoms with Crippen molar-refractivity contribution in [3.05, 3.63) is 36.2 Å². The third-order valence-electron chi connectivity index (χ3n) is 3.70. The van der Waals surface area contributed by atoms with Crippen LogP contribution in [0.1, 0.15) is 5.69 Å². The molecule has 10 heteroatoms. The van der Waals surface area contributed by atoms with Crippen LogP contribution in [0.4, 0.5) is 5.69 Å². The molecule has 2 aromatic rings. The summed E-state index contributed by atoms with van der Waals surface area (Å²) in [4.78, 5) is 28.4. The standard InChI is InChI=1S/C18H24N4O5S/c1-26-8-7-19-16(24)10-22-14(11-23)9-20-18(22)28-12-17(25)21-13-3-5-15(27-2)6-4-13/h3-6,9,23H,7-8,10-12H2,1-2H3,(H,19,24)(H,21,25). The maximum atomic E-state index is 12.2. The number of amides is 2. The summed E-state index contributed by atoms with van der Waals surface area (Å²) in [5.41, 5.74) is 1.16. The van der Waals surface area contributed by atoms with Gasteiger partial charge in [0.2, 0.25) is 11.8 Å². The predicted molar refractivity (Wildman–Crippen MR) is 105 cm³/mol. The number of aromatic nitrogens is 2. The fourth-order valence-corrected chi connectivity index (χ4v) is 3.09. The summed E-state index contributed by atoms with van der Waals surface area (Å²) in [6.07, 6.45) is 1.49. The number of methoxy groups -OCH3 is 2. The van der Waals surface area contributed by atoms with Crippen molar-refractivity contribution in [2.24, 2.45) is 0 Å². The molecule has 0 bridgehead atoms. The molecule has 28 heavy (non-hydrogen) atoms. The number of thioether (sulfide) groups is 1. The fraction of sp³-hybridized carbons (Fsp3) is 0.389. The van der Waals surface area contributed by atoms with Crippen LogP contribution in [-0.4, -0.2) is 59.6 Å². The number of nitrogens with one attached hydrogen (secondary N) is 2. The van der Waals surface area contributed by atoms with Crippen molar-refractivity contribution in [2.45, 2.75) is 18.3 Å². The van der Waals surface area contributed by atoms with Gasteiger partial charge in [-0.25, -0.2) is 4.98 Å². The second-order valence-electron chi connectivity index (χ2n) is 5.68. The minimum Gasteiger partial charge on any atom is -0.497 e. The molecule has 152 valence electrons. The fourth-order valence-electron chi connectivity index (χ4n) is 2.30. The number of rotatable bonds is 11. The highest BCUT2D eigenvalue weighted by molar-refractivity contribution is 7.99. The van der Waals surface area contributed by atoms with Gasteiger partial charge in [-0.1, -0.05) is 11.8 Å².